The van der Waals surface area contributed by atoms with Crippen LogP contribution >= 0.6 is 0 Å². The topological polar surface area (TPSA) is 60.0 Å². The third kappa shape index (κ3) is 4.26. The molecule has 0 unspecified atom stereocenters. The van der Waals surface area contributed by atoms with Crippen LogP contribution in [0.15, 0.2) is 18.2 Å². The minimum absolute atomic E-state index is 0.120. The zero-order valence-corrected chi connectivity index (χ0v) is 12.6. The van der Waals surface area contributed by atoms with E-state index in [1.807, 2.05) is 26.0 Å². The lowest BCUT2D eigenvalue weighted by atomic mass is 10.2. The zero-order valence-electron chi connectivity index (χ0n) is 12.6. The van der Waals surface area contributed by atoms with Crippen LogP contribution in [0.2, 0.25) is 0 Å². The van der Waals surface area contributed by atoms with Crippen LogP contribution in [0.1, 0.15) is 13.8 Å². The van der Waals surface area contributed by atoms with Gasteiger partial charge in [0.25, 0.3) is 0 Å². The number of nitrogens with one attached hydrogen (secondary N) is 1. The molecule has 6 nitrogen and oxygen atoms in total. The number of hydrogen-bond donors (Lipinski definition) is 1. The third-order valence-corrected chi connectivity index (χ3v) is 3.09. The maximum absolute atomic E-state index is 12.1. The molecule has 0 aromatic heterocycles. The number of hydrogen-bond acceptors (Lipinski definition) is 4. The van der Waals surface area contributed by atoms with Gasteiger partial charge in [-0.2, -0.15) is 0 Å². The van der Waals surface area contributed by atoms with Gasteiger partial charge in [0, 0.05) is 24.8 Å². The molecule has 116 valence electrons. The summed E-state index contributed by atoms with van der Waals surface area (Å²) in [7, 11) is 0. The molecule has 2 amide bonds. The molecule has 1 aliphatic heterocycles. The van der Waals surface area contributed by atoms with Crippen LogP contribution < -0.4 is 14.8 Å². The summed E-state index contributed by atoms with van der Waals surface area (Å²) in [5.41, 5.74) is 0.693. The van der Waals surface area contributed by atoms with Crippen molar-refractivity contribution in [1.82, 2.24) is 4.90 Å². The second kappa shape index (κ2) is 7.73. The molecule has 1 aromatic carbocycles. The average molecular weight is 294 g/mol. The first-order valence-electron chi connectivity index (χ1n) is 7.28. The lowest BCUT2D eigenvalue weighted by Gasteiger charge is -2.27. The summed E-state index contributed by atoms with van der Waals surface area (Å²) in [6.45, 7) is 7.34. The molecule has 1 fully saturated rings. The van der Waals surface area contributed by atoms with Gasteiger partial charge in [0.05, 0.1) is 26.4 Å². The molecule has 1 aliphatic rings. The Morgan fingerprint density at radius 2 is 1.86 bits per heavy atom. The summed E-state index contributed by atoms with van der Waals surface area (Å²) in [5, 5.41) is 2.88. The Kier molecular flexibility index (Phi) is 5.68. The number of rotatable bonds is 5. The molecule has 21 heavy (non-hydrogen) atoms. The Balaban J connectivity index is 2.05. The lowest BCUT2D eigenvalue weighted by molar-refractivity contribution is 0.0564. The molecule has 0 bridgehead atoms. The molecule has 1 aromatic rings. The highest BCUT2D eigenvalue weighted by atomic mass is 16.5. The molecule has 0 aliphatic carbocycles. The van der Waals surface area contributed by atoms with Crippen molar-refractivity contribution in [2.24, 2.45) is 0 Å². The van der Waals surface area contributed by atoms with Crippen LogP contribution in [0.5, 0.6) is 11.5 Å². The maximum atomic E-state index is 12.1. The fourth-order valence-electron chi connectivity index (χ4n) is 2.10. The third-order valence-electron chi connectivity index (χ3n) is 3.09. The van der Waals surface area contributed by atoms with E-state index in [0.717, 1.165) is 0 Å². The van der Waals surface area contributed by atoms with Crippen LogP contribution in [0, 0.1) is 0 Å². The quantitative estimate of drug-likeness (QED) is 0.905. The van der Waals surface area contributed by atoms with E-state index in [0.29, 0.717) is 56.7 Å². The fraction of sp³-hybridized carbons (Fsp3) is 0.533. The highest BCUT2D eigenvalue weighted by molar-refractivity contribution is 5.89. The van der Waals surface area contributed by atoms with E-state index in [1.165, 1.54) is 0 Å². The van der Waals surface area contributed by atoms with E-state index < -0.39 is 0 Å². The van der Waals surface area contributed by atoms with Gasteiger partial charge in [-0.3, -0.25) is 0 Å². The standard InChI is InChI=1S/C15H22N2O4/c1-3-20-13-6-5-12(11-14(13)21-4-2)16-15(18)17-7-9-19-10-8-17/h5-6,11H,3-4,7-10H2,1-2H3,(H,16,18). The Labute approximate surface area is 125 Å². The van der Waals surface area contributed by atoms with Gasteiger partial charge in [0.1, 0.15) is 0 Å². The van der Waals surface area contributed by atoms with E-state index in [4.69, 9.17) is 14.2 Å². The molecule has 2 rings (SSSR count). The van der Waals surface area contributed by atoms with E-state index in [-0.39, 0.29) is 6.03 Å². The number of carbonyl (C=O) groups excluding carboxylic acids is 1. The van der Waals surface area contributed by atoms with Crippen molar-refractivity contribution in [2.45, 2.75) is 13.8 Å². The summed E-state index contributed by atoms with van der Waals surface area (Å²) in [6.07, 6.45) is 0. The van der Waals surface area contributed by atoms with Gasteiger partial charge in [-0.15, -0.1) is 0 Å². The smallest absolute Gasteiger partial charge is 0.322 e. The summed E-state index contributed by atoms with van der Waals surface area (Å²) >= 11 is 0. The Morgan fingerprint density at radius 3 is 2.52 bits per heavy atom. The maximum Gasteiger partial charge on any atom is 0.322 e. The van der Waals surface area contributed by atoms with Crippen molar-refractivity contribution in [3.63, 3.8) is 0 Å². The van der Waals surface area contributed by atoms with Gasteiger partial charge in [0.15, 0.2) is 11.5 Å². The minimum atomic E-state index is -0.120. The summed E-state index contributed by atoms with van der Waals surface area (Å²) in [4.78, 5) is 13.9. The predicted molar refractivity (Wildman–Crippen MR) is 80.2 cm³/mol. The molecular formula is C15H22N2O4. The van der Waals surface area contributed by atoms with Crippen LogP contribution in [0.25, 0.3) is 0 Å². The second-order valence-corrected chi connectivity index (χ2v) is 4.56. The largest absolute Gasteiger partial charge is 0.490 e. The number of urea groups is 1. The number of amides is 2. The molecule has 6 heteroatoms. The first-order valence-corrected chi connectivity index (χ1v) is 7.28. The van der Waals surface area contributed by atoms with Gasteiger partial charge in [-0.1, -0.05) is 0 Å². The molecule has 0 saturated carbocycles. The Bertz CT molecular complexity index is 473. The molecule has 0 spiro atoms. The number of morpholine rings is 1. The van der Waals surface area contributed by atoms with Crippen LogP contribution in [0.3, 0.4) is 0 Å². The number of ether oxygens (including phenoxy) is 3. The molecular weight excluding hydrogens is 272 g/mol. The number of benzene rings is 1. The second-order valence-electron chi connectivity index (χ2n) is 4.56. The van der Waals surface area contributed by atoms with Crippen molar-refractivity contribution in [1.29, 1.82) is 0 Å². The Morgan fingerprint density at radius 1 is 1.19 bits per heavy atom. The first kappa shape index (κ1) is 15.4. The summed E-state index contributed by atoms with van der Waals surface area (Å²) in [6, 6.07) is 5.28. The summed E-state index contributed by atoms with van der Waals surface area (Å²) in [5.74, 6) is 1.32. The predicted octanol–water partition coefficient (Wildman–Crippen LogP) is 2.35. The lowest BCUT2D eigenvalue weighted by Crippen LogP contribution is -2.43. The minimum Gasteiger partial charge on any atom is -0.490 e. The van der Waals surface area contributed by atoms with Crippen LogP contribution in [-0.4, -0.2) is 50.4 Å². The van der Waals surface area contributed by atoms with Crippen LogP contribution in [0.4, 0.5) is 10.5 Å². The number of anilines is 1. The van der Waals surface area contributed by atoms with Crippen molar-refractivity contribution < 1.29 is 19.0 Å². The number of nitrogens with zero attached hydrogens (tertiary/aromatic N) is 1. The van der Waals surface area contributed by atoms with Gasteiger partial charge < -0.3 is 24.4 Å². The van der Waals surface area contributed by atoms with E-state index in [9.17, 15) is 4.79 Å². The van der Waals surface area contributed by atoms with Crippen molar-refractivity contribution in [3.8, 4) is 11.5 Å². The van der Waals surface area contributed by atoms with E-state index >= 15 is 0 Å². The van der Waals surface area contributed by atoms with Crippen molar-refractivity contribution in [2.75, 3.05) is 44.8 Å². The monoisotopic (exact) mass is 294 g/mol. The van der Waals surface area contributed by atoms with Gasteiger partial charge in [0.2, 0.25) is 0 Å². The molecule has 1 N–H and O–H groups in total. The highest BCUT2D eigenvalue weighted by Crippen LogP contribution is 2.30. The first-order chi connectivity index (χ1) is 10.2. The molecule has 0 atom stereocenters. The molecule has 1 heterocycles. The average Bonchev–Trinajstić information content (AvgIpc) is 2.51. The molecule has 0 radical (unpaired) electrons. The van der Waals surface area contributed by atoms with Gasteiger partial charge in [-0.05, 0) is 26.0 Å². The van der Waals surface area contributed by atoms with E-state index in [1.54, 1.807) is 11.0 Å². The summed E-state index contributed by atoms with van der Waals surface area (Å²) < 4.78 is 16.3. The van der Waals surface area contributed by atoms with Crippen molar-refractivity contribution >= 4 is 11.7 Å². The highest BCUT2D eigenvalue weighted by Gasteiger charge is 2.17. The normalized spacial score (nSPS) is 14.7. The fourth-order valence-corrected chi connectivity index (χ4v) is 2.10. The Hall–Kier alpha value is -1.95. The van der Waals surface area contributed by atoms with Crippen molar-refractivity contribution in [3.05, 3.63) is 18.2 Å². The van der Waals surface area contributed by atoms with Gasteiger partial charge >= 0.3 is 6.03 Å². The van der Waals surface area contributed by atoms with Crippen LogP contribution in [-0.2, 0) is 4.74 Å². The van der Waals surface area contributed by atoms with E-state index in [2.05, 4.69) is 5.32 Å². The van der Waals surface area contributed by atoms with Gasteiger partial charge in [-0.25, -0.2) is 4.79 Å². The zero-order chi connectivity index (χ0) is 15.1. The SMILES string of the molecule is CCOc1ccc(NC(=O)N2CCOCC2)cc1OCC. The molecule has 1 saturated heterocycles. The number of carbonyl (C=O) groups is 1.